The summed E-state index contributed by atoms with van der Waals surface area (Å²) in [4.78, 5) is 36.7. The molecule has 0 aliphatic rings. The van der Waals surface area contributed by atoms with Crippen molar-refractivity contribution in [2.45, 2.75) is 4.90 Å². The fourth-order valence-electron chi connectivity index (χ4n) is 2.61. The van der Waals surface area contributed by atoms with Crippen LogP contribution in [0.5, 0.6) is 0 Å². The fourth-order valence-corrected chi connectivity index (χ4v) is 3.49. The Bertz CT molecular complexity index is 1090. The summed E-state index contributed by atoms with van der Waals surface area (Å²) in [5.41, 5.74) is 1.16. The molecule has 0 bridgehead atoms. The van der Waals surface area contributed by atoms with Gasteiger partial charge < -0.3 is 15.7 Å². The molecule has 3 rings (SSSR count). The minimum Gasteiger partial charge on any atom is -0.478 e. The molecule has 30 heavy (non-hydrogen) atoms. The van der Waals surface area contributed by atoms with Crippen LogP contribution in [0.25, 0.3) is 0 Å². The van der Waals surface area contributed by atoms with Crippen molar-refractivity contribution in [3.8, 4) is 0 Å². The Hall–Kier alpha value is -3.29. The zero-order valence-electron chi connectivity index (χ0n) is 15.6. The highest BCUT2D eigenvalue weighted by Crippen LogP contribution is 2.23. The van der Waals surface area contributed by atoms with Crippen molar-refractivity contribution in [1.82, 2.24) is 0 Å². The maximum absolute atomic E-state index is 12.5. The van der Waals surface area contributed by atoms with Gasteiger partial charge in [-0.1, -0.05) is 29.8 Å². The summed E-state index contributed by atoms with van der Waals surface area (Å²) in [5, 5.41) is 15.3. The van der Waals surface area contributed by atoms with Crippen LogP contribution in [-0.4, -0.2) is 28.6 Å². The van der Waals surface area contributed by atoms with E-state index in [1.54, 1.807) is 54.6 Å². The molecule has 2 amide bonds. The first-order valence-corrected chi connectivity index (χ1v) is 10.2. The first-order chi connectivity index (χ1) is 14.4. The summed E-state index contributed by atoms with van der Waals surface area (Å²) in [5.74, 6) is -1.68. The number of thioether (sulfide) groups is 1. The SMILES string of the molecule is O=C(CSc1cccc(NC(=O)c2ccccc2C(=O)O)c1)Nc1ccc(Cl)cc1. The number of hydrogen-bond donors (Lipinski definition) is 3. The third kappa shape index (κ3) is 5.85. The van der Waals surface area contributed by atoms with E-state index < -0.39 is 11.9 Å². The van der Waals surface area contributed by atoms with E-state index in [1.807, 2.05) is 6.07 Å². The number of carbonyl (C=O) groups excluding carboxylic acids is 2. The lowest BCUT2D eigenvalue weighted by Gasteiger charge is -2.09. The molecule has 0 fully saturated rings. The topological polar surface area (TPSA) is 95.5 Å². The molecule has 0 saturated carbocycles. The highest BCUT2D eigenvalue weighted by molar-refractivity contribution is 8.00. The Labute approximate surface area is 182 Å². The molecule has 3 aromatic rings. The van der Waals surface area contributed by atoms with Crippen LogP contribution in [-0.2, 0) is 4.79 Å². The van der Waals surface area contributed by atoms with E-state index >= 15 is 0 Å². The highest BCUT2D eigenvalue weighted by atomic mass is 35.5. The molecule has 0 aromatic heterocycles. The molecule has 0 saturated heterocycles. The third-order valence-corrected chi connectivity index (χ3v) is 5.24. The standard InChI is InChI=1S/C22H17ClN2O4S/c23-14-8-10-15(11-9-14)24-20(26)13-30-17-5-3-4-16(12-17)25-21(27)18-6-1-2-7-19(18)22(28)29/h1-12H,13H2,(H,24,26)(H,25,27)(H,28,29). The third-order valence-electron chi connectivity index (χ3n) is 3.99. The molecule has 8 heteroatoms. The normalized spacial score (nSPS) is 10.3. The van der Waals surface area contributed by atoms with Crippen LogP contribution in [0.15, 0.2) is 77.7 Å². The van der Waals surface area contributed by atoms with Crippen LogP contribution in [0.4, 0.5) is 11.4 Å². The van der Waals surface area contributed by atoms with Crippen molar-refractivity contribution in [2.75, 3.05) is 16.4 Å². The molecular weight excluding hydrogens is 424 g/mol. The number of carboxylic acids is 1. The maximum atomic E-state index is 12.5. The molecule has 0 unspecified atom stereocenters. The van der Waals surface area contributed by atoms with E-state index in [4.69, 9.17) is 11.6 Å². The largest absolute Gasteiger partial charge is 0.478 e. The molecule has 3 aromatic carbocycles. The second-order valence-corrected chi connectivity index (χ2v) is 7.66. The van der Waals surface area contributed by atoms with E-state index in [2.05, 4.69) is 10.6 Å². The summed E-state index contributed by atoms with van der Waals surface area (Å²) in [6.45, 7) is 0. The van der Waals surface area contributed by atoms with Crippen molar-refractivity contribution in [1.29, 1.82) is 0 Å². The Morgan fingerprint density at radius 3 is 2.23 bits per heavy atom. The van der Waals surface area contributed by atoms with Gasteiger partial charge in [-0.2, -0.15) is 0 Å². The van der Waals surface area contributed by atoms with E-state index in [0.717, 1.165) is 4.90 Å². The van der Waals surface area contributed by atoms with Gasteiger partial charge in [0.2, 0.25) is 5.91 Å². The monoisotopic (exact) mass is 440 g/mol. The molecule has 6 nitrogen and oxygen atoms in total. The van der Waals surface area contributed by atoms with Crippen molar-refractivity contribution < 1.29 is 19.5 Å². The molecule has 0 heterocycles. The van der Waals surface area contributed by atoms with E-state index in [0.29, 0.717) is 16.4 Å². The number of halogens is 1. The molecule has 0 aliphatic heterocycles. The summed E-state index contributed by atoms with van der Waals surface area (Å²) in [7, 11) is 0. The van der Waals surface area contributed by atoms with Gasteiger partial charge in [0.15, 0.2) is 0 Å². The number of carbonyl (C=O) groups is 3. The molecular formula is C22H17ClN2O4S. The summed E-state index contributed by atoms with van der Waals surface area (Å²) in [6.07, 6.45) is 0. The van der Waals surface area contributed by atoms with Gasteiger partial charge in [0.25, 0.3) is 5.91 Å². The number of carboxylic acid groups (broad SMARTS) is 1. The van der Waals surface area contributed by atoms with Gasteiger partial charge in [-0.25, -0.2) is 4.79 Å². The van der Waals surface area contributed by atoms with Gasteiger partial charge in [0.1, 0.15) is 0 Å². The van der Waals surface area contributed by atoms with Crippen LogP contribution in [0, 0.1) is 0 Å². The summed E-state index contributed by atoms with van der Waals surface area (Å²) in [6, 6.07) is 19.8. The van der Waals surface area contributed by atoms with Crippen LogP contribution < -0.4 is 10.6 Å². The van der Waals surface area contributed by atoms with E-state index in [9.17, 15) is 19.5 Å². The molecule has 0 spiro atoms. The number of nitrogens with one attached hydrogen (secondary N) is 2. The number of benzene rings is 3. The van der Waals surface area contributed by atoms with Gasteiger partial charge in [-0.05, 0) is 54.6 Å². The lowest BCUT2D eigenvalue weighted by atomic mass is 10.1. The zero-order chi connectivity index (χ0) is 21.5. The minimum atomic E-state index is -1.17. The first kappa shape index (κ1) is 21.4. The first-order valence-electron chi connectivity index (χ1n) is 8.84. The Morgan fingerprint density at radius 1 is 0.833 bits per heavy atom. The fraction of sp³-hybridized carbons (Fsp3) is 0.0455. The Balaban J connectivity index is 1.61. The molecule has 0 radical (unpaired) electrons. The maximum Gasteiger partial charge on any atom is 0.336 e. The van der Waals surface area contributed by atoms with Gasteiger partial charge in [-0.15, -0.1) is 11.8 Å². The van der Waals surface area contributed by atoms with Crippen LogP contribution in [0.2, 0.25) is 5.02 Å². The number of amides is 2. The zero-order valence-corrected chi connectivity index (χ0v) is 17.2. The van der Waals surface area contributed by atoms with Crippen molar-refractivity contribution in [3.05, 3.63) is 88.9 Å². The van der Waals surface area contributed by atoms with Crippen LogP contribution in [0.1, 0.15) is 20.7 Å². The number of hydrogen-bond acceptors (Lipinski definition) is 4. The van der Waals surface area contributed by atoms with Crippen molar-refractivity contribution in [2.24, 2.45) is 0 Å². The average Bonchev–Trinajstić information content (AvgIpc) is 2.74. The predicted octanol–water partition coefficient (Wildman–Crippen LogP) is 5.02. The van der Waals surface area contributed by atoms with Crippen molar-refractivity contribution in [3.63, 3.8) is 0 Å². The highest BCUT2D eigenvalue weighted by Gasteiger charge is 2.16. The van der Waals surface area contributed by atoms with E-state index in [-0.39, 0.29) is 22.8 Å². The second kappa shape index (κ2) is 9.96. The average molecular weight is 441 g/mol. The Kier molecular flexibility index (Phi) is 7.11. The second-order valence-electron chi connectivity index (χ2n) is 6.18. The van der Waals surface area contributed by atoms with Crippen LogP contribution in [0.3, 0.4) is 0 Å². The van der Waals surface area contributed by atoms with Crippen LogP contribution >= 0.6 is 23.4 Å². The predicted molar refractivity (Wildman–Crippen MR) is 119 cm³/mol. The summed E-state index contributed by atoms with van der Waals surface area (Å²) >= 11 is 7.14. The molecule has 152 valence electrons. The lowest BCUT2D eigenvalue weighted by molar-refractivity contribution is -0.113. The van der Waals surface area contributed by atoms with Gasteiger partial charge in [0, 0.05) is 21.3 Å². The van der Waals surface area contributed by atoms with Gasteiger partial charge >= 0.3 is 5.97 Å². The number of anilines is 2. The van der Waals surface area contributed by atoms with Crippen molar-refractivity contribution >= 4 is 52.5 Å². The Morgan fingerprint density at radius 2 is 1.53 bits per heavy atom. The van der Waals surface area contributed by atoms with E-state index in [1.165, 1.54) is 23.9 Å². The smallest absolute Gasteiger partial charge is 0.336 e. The number of rotatable bonds is 7. The number of aromatic carboxylic acids is 1. The molecule has 0 atom stereocenters. The molecule has 3 N–H and O–H groups in total. The summed E-state index contributed by atoms with van der Waals surface area (Å²) < 4.78 is 0. The van der Waals surface area contributed by atoms with Gasteiger partial charge in [0.05, 0.1) is 16.9 Å². The molecule has 0 aliphatic carbocycles. The minimum absolute atomic E-state index is 0.0700. The van der Waals surface area contributed by atoms with Gasteiger partial charge in [-0.3, -0.25) is 9.59 Å². The quantitative estimate of drug-likeness (QED) is 0.448. The lowest BCUT2D eigenvalue weighted by Crippen LogP contribution is -2.16.